The van der Waals surface area contributed by atoms with Crippen molar-refractivity contribution in [2.45, 2.75) is 19.3 Å². The lowest BCUT2D eigenvalue weighted by molar-refractivity contribution is -0.145. The average molecular weight is 280 g/mol. The minimum Gasteiger partial charge on any atom is -0.481 e. The first-order chi connectivity index (χ1) is 9.66. The molecule has 6 heteroatoms. The van der Waals surface area contributed by atoms with E-state index in [4.69, 9.17) is 9.52 Å². The Hall–Kier alpha value is -1.82. The summed E-state index contributed by atoms with van der Waals surface area (Å²) in [6.45, 7) is 2.05. The summed E-state index contributed by atoms with van der Waals surface area (Å²) in [5, 5.41) is 12.0. The maximum atomic E-state index is 11.9. The number of hydrogen-bond donors (Lipinski definition) is 2. The van der Waals surface area contributed by atoms with Crippen molar-refractivity contribution in [2.24, 2.45) is 5.92 Å². The number of aliphatic carboxylic acids is 1. The van der Waals surface area contributed by atoms with Gasteiger partial charge in [0.05, 0.1) is 18.7 Å². The zero-order chi connectivity index (χ0) is 14.4. The van der Waals surface area contributed by atoms with Gasteiger partial charge in [0.25, 0.3) is 0 Å². The molecule has 2 N–H and O–H groups in total. The summed E-state index contributed by atoms with van der Waals surface area (Å²) in [6.07, 6.45) is 3.48. The number of carboxylic acid groups (broad SMARTS) is 1. The van der Waals surface area contributed by atoms with Crippen LogP contribution in [0.1, 0.15) is 18.6 Å². The van der Waals surface area contributed by atoms with Gasteiger partial charge in [0.15, 0.2) is 0 Å². The maximum absolute atomic E-state index is 11.9. The second kappa shape index (κ2) is 7.09. The van der Waals surface area contributed by atoms with Gasteiger partial charge in [0, 0.05) is 26.1 Å². The molecule has 20 heavy (non-hydrogen) atoms. The molecule has 0 atom stereocenters. The highest BCUT2D eigenvalue weighted by atomic mass is 16.4. The molecule has 1 amide bonds. The van der Waals surface area contributed by atoms with Crippen LogP contribution in [0, 0.1) is 5.92 Å². The van der Waals surface area contributed by atoms with Gasteiger partial charge in [-0.05, 0) is 25.0 Å². The highest BCUT2D eigenvalue weighted by Gasteiger charge is 2.26. The van der Waals surface area contributed by atoms with E-state index in [1.807, 2.05) is 12.1 Å². The van der Waals surface area contributed by atoms with E-state index in [0.717, 1.165) is 12.2 Å². The first kappa shape index (κ1) is 14.6. The molecule has 1 aliphatic rings. The minimum atomic E-state index is -0.756. The molecule has 6 nitrogen and oxygen atoms in total. The quantitative estimate of drug-likeness (QED) is 0.751. The van der Waals surface area contributed by atoms with Crippen LogP contribution in [0.2, 0.25) is 0 Å². The van der Waals surface area contributed by atoms with Crippen LogP contribution in [-0.2, 0) is 16.0 Å². The van der Waals surface area contributed by atoms with E-state index in [1.54, 1.807) is 11.2 Å². The summed E-state index contributed by atoms with van der Waals surface area (Å²) in [6, 6.07) is 3.74. The minimum absolute atomic E-state index is 0.0354. The predicted molar refractivity (Wildman–Crippen MR) is 72.2 cm³/mol. The van der Waals surface area contributed by atoms with E-state index in [9.17, 15) is 9.59 Å². The number of carbonyl (C=O) groups excluding carboxylic acids is 1. The normalized spacial score (nSPS) is 16.3. The van der Waals surface area contributed by atoms with E-state index in [0.29, 0.717) is 39.0 Å². The molecule has 1 fully saturated rings. The van der Waals surface area contributed by atoms with Crippen molar-refractivity contribution >= 4 is 11.9 Å². The standard InChI is InChI=1S/C14H20N2O4/c17-13(10-15-6-3-12-2-1-9-20-12)16-7-4-11(5-8-16)14(18)19/h1-2,9,11,15H,3-8,10H2,(H,18,19). The lowest BCUT2D eigenvalue weighted by Crippen LogP contribution is -2.44. The third-order valence-corrected chi connectivity index (χ3v) is 3.60. The van der Waals surface area contributed by atoms with E-state index < -0.39 is 5.97 Å². The SMILES string of the molecule is O=C(O)C1CCN(C(=O)CNCCc2ccco2)CC1. The van der Waals surface area contributed by atoms with Crippen LogP contribution >= 0.6 is 0 Å². The Bertz CT molecular complexity index is 436. The molecule has 0 aromatic carbocycles. The van der Waals surface area contributed by atoms with Crippen molar-refractivity contribution in [3.63, 3.8) is 0 Å². The van der Waals surface area contributed by atoms with Gasteiger partial charge in [-0.1, -0.05) is 0 Å². The third-order valence-electron chi connectivity index (χ3n) is 3.60. The summed E-state index contributed by atoms with van der Waals surface area (Å²) in [7, 11) is 0. The van der Waals surface area contributed by atoms with Gasteiger partial charge in [-0.15, -0.1) is 0 Å². The number of likely N-dealkylation sites (tertiary alicyclic amines) is 1. The van der Waals surface area contributed by atoms with Gasteiger partial charge < -0.3 is 19.7 Å². The smallest absolute Gasteiger partial charge is 0.306 e. The molecule has 1 aliphatic heterocycles. The molecule has 0 unspecified atom stereocenters. The molecule has 110 valence electrons. The molecule has 1 aromatic rings. The van der Waals surface area contributed by atoms with E-state index in [1.165, 1.54) is 0 Å². The van der Waals surface area contributed by atoms with Crippen LogP contribution in [0.5, 0.6) is 0 Å². The summed E-state index contributed by atoms with van der Waals surface area (Å²) in [4.78, 5) is 24.5. The number of hydrogen-bond acceptors (Lipinski definition) is 4. The van der Waals surface area contributed by atoms with E-state index >= 15 is 0 Å². The first-order valence-electron chi connectivity index (χ1n) is 6.90. The van der Waals surface area contributed by atoms with Gasteiger partial charge >= 0.3 is 5.97 Å². The maximum Gasteiger partial charge on any atom is 0.306 e. The van der Waals surface area contributed by atoms with Crippen molar-refractivity contribution in [2.75, 3.05) is 26.2 Å². The van der Waals surface area contributed by atoms with Crippen molar-refractivity contribution in [1.82, 2.24) is 10.2 Å². The monoisotopic (exact) mass is 280 g/mol. The lowest BCUT2D eigenvalue weighted by Gasteiger charge is -2.30. The molecule has 0 aliphatic carbocycles. The fraction of sp³-hybridized carbons (Fsp3) is 0.571. The lowest BCUT2D eigenvalue weighted by atomic mass is 9.97. The zero-order valence-electron chi connectivity index (χ0n) is 11.4. The summed E-state index contributed by atoms with van der Waals surface area (Å²) < 4.78 is 5.20. The number of furan rings is 1. The van der Waals surface area contributed by atoms with Crippen molar-refractivity contribution in [3.05, 3.63) is 24.2 Å². The number of carbonyl (C=O) groups is 2. The van der Waals surface area contributed by atoms with Crippen molar-refractivity contribution in [1.29, 1.82) is 0 Å². The fourth-order valence-electron chi connectivity index (χ4n) is 2.35. The second-order valence-corrected chi connectivity index (χ2v) is 5.00. The van der Waals surface area contributed by atoms with Crippen LogP contribution in [0.25, 0.3) is 0 Å². The molecule has 2 rings (SSSR count). The summed E-state index contributed by atoms with van der Waals surface area (Å²) in [5.41, 5.74) is 0. The van der Waals surface area contributed by atoms with Crippen LogP contribution in [0.3, 0.4) is 0 Å². The van der Waals surface area contributed by atoms with Crippen LogP contribution in [0.15, 0.2) is 22.8 Å². The molecule has 2 heterocycles. The van der Waals surface area contributed by atoms with Crippen molar-refractivity contribution < 1.29 is 19.1 Å². The molecular weight excluding hydrogens is 260 g/mol. The Labute approximate surface area is 117 Å². The molecule has 1 aromatic heterocycles. The van der Waals surface area contributed by atoms with Crippen molar-refractivity contribution in [3.8, 4) is 0 Å². The number of piperidine rings is 1. The fourth-order valence-corrected chi connectivity index (χ4v) is 2.35. The van der Waals surface area contributed by atoms with Gasteiger partial charge in [-0.2, -0.15) is 0 Å². The zero-order valence-corrected chi connectivity index (χ0v) is 11.4. The predicted octanol–water partition coefficient (Wildman–Crippen LogP) is 0.735. The third kappa shape index (κ3) is 4.09. The summed E-state index contributed by atoms with van der Waals surface area (Å²) in [5.74, 6) is -0.125. The molecule has 0 bridgehead atoms. The number of carboxylic acids is 1. The summed E-state index contributed by atoms with van der Waals surface area (Å²) >= 11 is 0. The molecular formula is C14H20N2O4. The van der Waals surface area contributed by atoms with Gasteiger partial charge in [0.2, 0.25) is 5.91 Å². The number of nitrogens with zero attached hydrogens (tertiary/aromatic N) is 1. The van der Waals surface area contributed by atoms with Crippen LogP contribution in [0.4, 0.5) is 0 Å². The van der Waals surface area contributed by atoms with Gasteiger partial charge in [0.1, 0.15) is 5.76 Å². The molecule has 1 saturated heterocycles. The van der Waals surface area contributed by atoms with Gasteiger partial charge in [-0.25, -0.2) is 0 Å². The Kier molecular flexibility index (Phi) is 5.17. The second-order valence-electron chi connectivity index (χ2n) is 5.00. The Balaban J connectivity index is 1.62. The topological polar surface area (TPSA) is 82.8 Å². The largest absolute Gasteiger partial charge is 0.481 e. The number of nitrogens with one attached hydrogen (secondary N) is 1. The molecule has 0 spiro atoms. The number of rotatable bonds is 6. The highest BCUT2D eigenvalue weighted by Crippen LogP contribution is 2.17. The first-order valence-corrected chi connectivity index (χ1v) is 6.90. The van der Waals surface area contributed by atoms with Crippen LogP contribution in [-0.4, -0.2) is 48.1 Å². The average Bonchev–Trinajstić information content (AvgIpc) is 2.96. The highest BCUT2D eigenvalue weighted by molar-refractivity contribution is 5.78. The Morgan fingerprint density at radius 1 is 1.40 bits per heavy atom. The molecule has 0 saturated carbocycles. The van der Waals surface area contributed by atoms with Gasteiger partial charge in [-0.3, -0.25) is 9.59 Å². The van der Waals surface area contributed by atoms with E-state index in [-0.39, 0.29) is 11.8 Å². The number of amides is 1. The Morgan fingerprint density at radius 3 is 2.75 bits per heavy atom. The van der Waals surface area contributed by atoms with E-state index in [2.05, 4.69) is 5.32 Å². The molecule has 0 radical (unpaired) electrons. The Morgan fingerprint density at radius 2 is 2.15 bits per heavy atom. The van der Waals surface area contributed by atoms with Crippen LogP contribution < -0.4 is 5.32 Å².